The van der Waals surface area contributed by atoms with Crippen LogP contribution in [0, 0.1) is 5.92 Å². The van der Waals surface area contributed by atoms with Gasteiger partial charge in [-0.2, -0.15) is 13.2 Å². The zero-order valence-electron chi connectivity index (χ0n) is 9.31. The molecule has 0 aromatic rings. The molecule has 0 saturated carbocycles. The summed E-state index contributed by atoms with van der Waals surface area (Å²) in [4.78, 5) is 12.4. The number of alkyl halides is 3. The number of carbonyl (C=O) groups excluding carboxylic acids is 1. The predicted octanol–water partition coefficient (Wildman–Crippen LogP) is 1.40. The minimum atomic E-state index is -4.41. The molecule has 1 amide bonds. The van der Waals surface area contributed by atoms with Gasteiger partial charge in [0.25, 0.3) is 0 Å². The standard InChI is InChI=1S/C10H17F3N2O/c1-15(9(16)5-10(11,12)13)7-8-3-2-4-14-6-8/h8,14H,2-7H2,1H3. The maximum atomic E-state index is 12.0. The molecule has 16 heavy (non-hydrogen) atoms. The summed E-state index contributed by atoms with van der Waals surface area (Å²) in [6, 6.07) is 0. The molecule has 1 N–H and O–H groups in total. The van der Waals surface area contributed by atoms with E-state index in [9.17, 15) is 18.0 Å². The van der Waals surface area contributed by atoms with Gasteiger partial charge in [-0.15, -0.1) is 0 Å². The summed E-state index contributed by atoms with van der Waals surface area (Å²) >= 11 is 0. The Labute approximate surface area is 93.0 Å². The van der Waals surface area contributed by atoms with Crippen LogP contribution in [0.2, 0.25) is 0 Å². The van der Waals surface area contributed by atoms with Gasteiger partial charge in [0.15, 0.2) is 0 Å². The SMILES string of the molecule is CN(CC1CCCNC1)C(=O)CC(F)(F)F. The van der Waals surface area contributed by atoms with Crippen molar-refractivity contribution >= 4 is 5.91 Å². The second kappa shape index (κ2) is 5.52. The topological polar surface area (TPSA) is 32.3 Å². The van der Waals surface area contributed by atoms with E-state index < -0.39 is 18.5 Å². The lowest BCUT2D eigenvalue weighted by molar-refractivity contribution is -0.160. The molecule has 3 nitrogen and oxygen atoms in total. The van der Waals surface area contributed by atoms with Gasteiger partial charge in [0.2, 0.25) is 5.91 Å². The zero-order valence-corrected chi connectivity index (χ0v) is 9.31. The molecule has 0 aromatic heterocycles. The normalized spacial score (nSPS) is 21.9. The number of piperidine rings is 1. The quantitative estimate of drug-likeness (QED) is 0.806. The number of amides is 1. The summed E-state index contributed by atoms with van der Waals surface area (Å²) in [6.45, 7) is 2.14. The highest BCUT2D eigenvalue weighted by Crippen LogP contribution is 2.21. The van der Waals surface area contributed by atoms with E-state index in [1.165, 1.54) is 11.9 Å². The van der Waals surface area contributed by atoms with Gasteiger partial charge in [0.05, 0.1) is 0 Å². The van der Waals surface area contributed by atoms with Crippen LogP contribution in [0.3, 0.4) is 0 Å². The van der Waals surface area contributed by atoms with Crippen molar-refractivity contribution in [1.82, 2.24) is 10.2 Å². The smallest absolute Gasteiger partial charge is 0.345 e. The Bertz CT molecular complexity index is 237. The number of hydrogen-bond donors (Lipinski definition) is 1. The molecule has 1 heterocycles. The van der Waals surface area contributed by atoms with E-state index >= 15 is 0 Å². The fourth-order valence-corrected chi connectivity index (χ4v) is 1.88. The molecule has 6 heteroatoms. The Morgan fingerprint density at radius 3 is 2.69 bits per heavy atom. The van der Waals surface area contributed by atoms with Crippen LogP contribution in [-0.4, -0.2) is 43.7 Å². The second-order valence-electron chi connectivity index (χ2n) is 4.28. The van der Waals surface area contributed by atoms with Crippen LogP contribution >= 0.6 is 0 Å². The van der Waals surface area contributed by atoms with Gasteiger partial charge in [-0.3, -0.25) is 4.79 Å². The van der Waals surface area contributed by atoms with E-state index in [0.29, 0.717) is 6.54 Å². The lowest BCUT2D eigenvalue weighted by atomic mass is 9.99. The van der Waals surface area contributed by atoms with Gasteiger partial charge in [0.1, 0.15) is 6.42 Å². The first-order valence-corrected chi connectivity index (χ1v) is 5.40. The summed E-state index contributed by atoms with van der Waals surface area (Å²) in [7, 11) is 1.43. The summed E-state index contributed by atoms with van der Waals surface area (Å²) in [5.41, 5.74) is 0. The van der Waals surface area contributed by atoms with Crippen LogP contribution in [0.5, 0.6) is 0 Å². The first-order chi connectivity index (χ1) is 7.38. The molecule has 0 spiro atoms. The van der Waals surface area contributed by atoms with Crippen LogP contribution in [0.4, 0.5) is 13.2 Å². The van der Waals surface area contributed by atoms with E-state index in [4.69, 9.17) is 0 Å². The van der Waals surface area contributed by atoms with Gasteiger partial charge in [-0.1, -0.05) is 0 Å². The second-order valence-corrected chi connectivity index (χ2v) is 4.28. The summed E-state index contributed by atoms with van der Waals surface area (Å²) < 4.78 is 36.0. The van der Waals surface area contributed by atoms with Crippen molar-refractivity contribution in [3.63, 3.8) is 0 Å². The van der Waals surface area contributed by atoms with Crippen molar-refractivity contribution in [2.24, 2.45) is 5.92 Å². The van der Waals surface area contributed by atoms with Gasteiger partial charge < -0.3 is 10.2 Å². The van der Waals surface area contributed by atoms with E-state index in [-0.39, 0.29) is 5.92 Å². The molecule has 0 aromatic carbocycles. The Balaban J connectivity index is 2.33. The van der Waals surface area contributed by atoms with Crippen molar-refractivity contribution in [1.29, 1.82) is 0 Å². The monoisotopic (exact) mass is 238 g/mol. The predicted molar refractivity (Wildman–Crippen MR) is 53.9 cm³/mol. The Morgan fingerprint density at radius 1 is 1.50 bits per heavy atom. The third-order valence-corrected chi connectivity index (χ3v) is 2.71. The van der Waals surface area contributed by atoms with E-state index in [1.54, 1.807) is 0 Å². The van der Waals surface area contributed by atoms with E-state index in [0.717, 1.165) is 25.9 Å². The van der Waals surface area contributed by atoms with Gasteiger partial charge >= 0.3 is 6.18 Å². The highest BCUT2D eigenvalue weighted by atomic mass is 19.4. The van der Waals surface area contributed by atoms with Crippen molar-refractivity contribution < 1.29 is 18.0 Å². The van der Waals surface area contributed by atoms with Crippen LogP contribution in [0.25, 0.3) is 0 Å². The molecular formula is C10H17F3N2O. The fourth-order valence-electron chi connectivity index (χ4n) is 1.88. The van der Waals surface area contributed by atoms with Crippen molar-refractivity contribution in [2.45, 2.75) is 25.4 Å². The lowest BCUT2D eigenvalue weighted by Gasteiger charge is -2.27. The molecule has 0 radical (unpaired) electrons. The molecule has 1 unspecified atom stereocenters. The molecule has 0 aliphatic carbocycles. The number of nitrogens with one attached hydrogen (secondary N) is 1. The molecular weight excluding hydrogens is 221 g/mol. The fraction of sp³-hybridized carbons (Fsp3) is 0.900. The third-order valence-electron chi connectivity index (χ3n) is 2.71. The highest BCUT2D eigenvalue weighted by molar-refractivity contribution is 5.76. The first-order valence-electron chi connectivity index (χ1n) is 5.40. The van der Waals surface area contributed by atoms with Crippen molar-refractivity contribution in [3.05, 3.63) is 0 Å². The third kappa shape index (κ3) is 4.83. The minimum absolute atomic E-state index is 0.274. The van der Waals surface area contributed by atoms with Gasteiger partial charge in [-0.05, 0) is 31.8 Å². The number of halogens is 3. The molecule has 94 valence electrons. The van der Waals surface area contributed by atoms with Gasteiger partial charge in [-0.25, -0.2) is 0 Å². The lowest BCUT2D eigenvalue weighted by Crippen LogP contribution is -2.40. The summed E-state index contributed by atoms with van der Waals surface area (Å²) in [5, 5.41) is 3.17. The molecule has 0 bridgehead atoms. The Hall–Kier alpha value is -0.780. The van der Waals surface area contributed by atoms with Crippen LogP contribution in [0.15, 0.2) is 0 Å². The molecule has 1 aliphatic rings. The highest BCUT2D eigenvalue weighted by Gasteiger charge is 2.33. The van der Waals surface area contributed by atoms with Crippen LogP contribution in [0.1, 0.15) is 19.3 Å². The average molecular weight is 238 g/mol. The number of rotatable bonds is 3. The Morgan fingerprint density at radius 2 is 2.19 bits per heavy atom. The maximum Gasteiger partial charge on any atom is 0.397 e. The van der Waals surface area contributed by atoms with E-state index in [1.807, 2.05) is 0 Å². The molecule has 1 rings (SSSR count). The number of hydrogen-bond acceptors (Lipinski definition) is 2. The summed E-state index contributed by atoms with van der Waals surface area (Å²) in [5.74, 6) is -0.575. The summed E-state index contributed by atoms with van der Waals surface area (Å²) in [6.07, 6.45) is -3.78. The zero-order chi connectivity index (χ0) is 12.2. The number of carbonyl (C=O) groups is 1. The van der Waals surface area contributed by atoms with E-state index in [2.05, 4.69) is 5.32 Å². The first kappa shape index (κ1) is 13.3. The van der Waals surface area contributed by atoms with Crippen molar-refractivity contribution in [2.75, 3.05) is 26.7 Å². The van der Waals surface area contributed by atoms with Gasteiger partial charge in [0, 0.05) is 13.6 Å². The molecule has 1 saturated heterocycles. The minimum Gasteiger partial charge on any atom is -0.345 e. The molecule has 1 aliphatic heterocycles. The Kier molecular flexibility index (Phi) is 4.58. The molecule has 1 fully saturated rings. The largest absolute Gasteiger partial charge is 0.397 e. The van der Waals surface area contributed by atoms with Crippen molar-refractivity contribution in [3.8, 4) is 0 Å². The van der Waals surface area contributed by atoms with Crippen LogP contribution < -0.4 is 5.32 Å². The average Bonchev–Trinajstić information content (AvgIpc) is 2.16. The number of nitrogens with zero attached hydrogens (tertiary/aromatic N) is 1. The molecule has 1 atom stereocenters. The maximum absolute atomic E-state index is 12.0. The van der Waals surface area contributed by atoms with Crippen LogP contribution in [-0.2, 0) is 4.79 Å².